The van der Waals surface area contributed by atoms with Gasteiger partial charge in [0.2, 0.25) is 0 Å². The Kier molecular flexibility index (Phi) is 1.92. The van der Waals surface area contributed by atoms with E-state index in [0.717, 1.165) is 0 Å². The highest BCUT2D eigenvalue weighted by Gasteiger charge is 2.43. The molecule has 13 heavy (non-hydrogen) atoms. The van der Waals surface area contributed by atoms with E-state index >= 15 is 0 Å². The smallest absolute Gasteiger partial charge is 0.407 e. The second-order valence-electron chi connectivity index (χ2n) is 3.97. The van der Waals surface area contributed by atoms with Gasteiger partial charge in [-0.05, 0) is 6.42 Å². The minimum Gasteiger partial charge on any atom is -0.465 e. The molecule has 2 atom stereocenters. The Hall–Kier alpha value is -0.810. The van der Waals surface area contributed by atoms with Crippen molar-refractivity contribution in [3.05, 3.63) is 0 Å². The number of fused-ring (bicyclic) bond motifs is 2. The number of aliphatic hydroxyl groups is 1. The molecule has 0 saturated carbocycles. The minimum absolute atomic E-state index is 0.156. The zero-order valence-corrected chi connectivity index (χ0v) is 7.27. The number of nitrogens with zero attached hydrogens (tertiary/aromatic N) is 1. The van der Waals surface area contributed by atoms with Crippen LogP contribution >= 0.6 is 0 Å². The second-order valence-corrected chi connectivity index (χ2v) is 3.97. The Labute approximate surface area is 75.9 Å². The van der Waals surface area contributed by atoms with E-state index < -0.39 is 11.7 Å². The molecule has 2 heterocycles. The summed E-state index contributed by atoms with van der Waals surface area (Å²) < 4.78 is 5.20. The van der Waals surface area contributed by atoms with Gasteiger partial charge in [-0.1, -0.05) is 0 Å². The van der Waals surface area contributed by atoms with Crippen LogP contribution in [0, 0.1) is 5.92 Å². The first kappa shape index (κ1) is 8.77. The number of carboxylic acid groups (broad SMARTS) is 1. The summed E-state index contributed by atoms with van der Waals surface area (Å²) in [6, 6.07) is 0. The van der Waals surface area contributed by atoms with E-state index in [1.807, 2.05) is 0 Å². The van der Waals surface area contributed by atoms with Gasteiger partial charge in [-0.3, -0.25) is 0 Å². The number of ether oxygens (including phenoxy) is 1. The van der Waals surface area contributed by atoms with E-state index in [-0.39, 0.29) is 19.1 Å². The third kappa shape index (κ3) is 1.62. The van der Waals surface area contributed by atoms with E-state index in [1.165, 1.54) is 4.90 Å². The molecule has 2 saturated heterocycles. The first-order valence-corrected chi connectivity index (χ1v) is 4.37. The maximum absolute atomic E-state index is 10.7. The Morgan fingerprint density at radius 2 is 2.38 bits per heavy atom. The molecule has 1 amide bonds. The van der Waals surface area contributed by atoms with E-state index in [9.17, 15) is 9.90 Å². The lowest BCUT2D eigenvalue weighted by molar-refractivity contribution is -0.146. The summed E-state index contributed by atoms with van der Waals surface area (Å²) in [5, 5.41) is 18.7. The number of hydrogen-bond donors (Lipinski definition) is 2. The van der Waals surface area contributed by atoms with Crippen molar-refractivity contribution < 1.29 is 19.7 Å². The lowest BCUT2D eigenvalue weighted by Crippen LogP contribution is -2.59. The van der Waals surface area contributed by atoms with Gasteiger partial charge in [-0.15, -0.1) is 0 Å². The Bertz CT molecular complexity index is 232. The molecule has 0 aromatic carbocycles. The number of likely N-dealkylation sites (tertiary alicyclic amines) is 1. The predicted octanol–water partition coefficient (Wildman–Crippen LogP) is -0.252. The average Bonchev–Trinajstić information content (AvgIpc) is 2.01. The van der Waals surface area contributed by atoms with Crippen LogP contribution in [0.3, 0.4) is 0 Å². The van der Waals surface area contributed by atoms with Crippen molar-refractivity contribution in [1.29, 1.82) is 0 Å². The second kappa shape index (κ2) is 2.85. The van der Waals surface area contributed by atoms with Crippen LogP contribution in [0.5, 0.6) is 0 Å². The monoisotopic (exact) mass is 187 g/mol. The molecular formula is C8H13NO4. The van der Waals surface area contributed by atoms with Gasteiger partial charge in [0.15, 0.2) is 0 Å². The van der Waals surface area contributed by atoms with Crippen molar-refractivity contribution in [2.24, 2.45) is 5.92 Å². The summed E-state index contributed by atoms with van der Waals surface area (Å²) in [5.41, 5.74) is -0.945. The lowest BCUT2D eigenvalue weighted by atomic mass is 9.84. The van der Waals surface area contributed by atoms with Crippen LogP contribution in [0.4, 0.5) is 4.79 Å². The van der Waals surface area contributed by atoms with Crippen LogP contribution in [-0.4, -0.2) is 53.1 Å². The zero-order valence-electron chi connectivity index (χ0n) is 7.27. The molecule has 2 rings (SSSR count). The Morgan fingerprint density at radius 1 is 1.62 bits per heavy atom. The first-order chi connectivity index (χ1) is 6.09. The average molecular weight is 187 g/mol. The number of amides is 1. The fraction of sp³-hybridized carbons (Fsp3) is 0.875. The maximum Gasteiger partial charge on any atom is 0.407 e. The summed E-state index contributed by atoms with van der Waals surface area (Å²) in [4.78, 5) is 12.0. The standard InChI is InChI=1S/C8H13NO4/c10-7(11)9-2-6-1-8(12,4-9)5-13-3-6/h6,12H,1-5H2,(H,10,11). The lowest BCUT2D eigenvalue weighted by Gasteiger charge is -2.45. The highest BCUT2D eigenvalue weighted by atomic mass is 16.5. The van der Waals surface area contributed by atoms with Crippen molar-refractivity contribution in [2.45, 2.75) is 12.0 Å². The summed E-state index contributed by atoms with van der Waals surface area (Å²) in [5.74, 6) is 0.156. The van der Waals surface area contributed by atoms with Gasteiger partial charge in [0.1, 0.15) is 5.60 Å². The number of hydrogen-bond acceptors (Lipinski definition) is 3. The van der Waals surface area contributed by atoms with Crippen LogP contribution in [0.15, 0.2) is 0 Å². The summed E-state index contributed by atoms with van der Waals surface area (Å²) >= 11 is 0. The third-order valence-corrected chi connectivity index (χ3v) is 2.63. The van der Waals surface area contributed by atoms with Crippen LogP contribution in [0.25, 0.3) is 0 Å². The number of carbonyl (C=O) groups is 1. The first-order valence-electron chi connectivity index (χ1n) is 4.37. The highest BCUT2D eigenvalue weighted by molar-refractivity contribution is 5.65. The van der Waals surface area contributed by atoms with Gasteiger partial charge < -0.3 is 19.8 Å². The molecule has 2 unspecified atom stereocenters. The molecule has 2 N–H and O–H groups in total. The van der Waals surface area contributed by atoms with Gasteiger partial charge >= 0.3 is 6.09 Å². The molecule has 2 bridgehead atoms. The van der Waals surface area contributed by atoms with Crippen LogP contribution in [0.1, 0.15) is 6.42 Å². The van der Waals surface area contributed by atoms with Crippen molar-refractivity contribution in [2.75, 3.05) is 26.3 Å². The number of piperidine rings is 1. The van der Waals surface area contributed by atoms with Crippen molar-refractivity contribution in [3.63, 3.8) is 0 Å². The van der Waals surface area contributed by atoms with Crippen molar-refractivity contribution >= 4 is 6.09 Å². The number of rotatable bonds is 0. The molecule has 0 aromatic rings. The normalized spacial score (nSPS) is 38.8. The van der Waals surface area contributed by atoms with Crippen LogP contribution < -0.4 is 0 Å². The van der Waals surface area contributed by atoms with Crippen molar-refractivity contribution in [1.82, 2.24) is 4.90 Å². The maximum atomic E-state index is 10.7. The van der Waals surface area contributed by atoms with E-state index in [1.54, 1.807) is 0 Å². The van der Waals surface area contributed by atoms with Gasteiger partial charge in [0.05, 0.1) is 19.8 Å². The highest BCUT2D eigenvalue weighted by Crippen LogP contribution is 2.30. The third-order valence-electron chi connectivity index (χ3n) is 2.63. The quantitative estimate of drug-likeness (QED) is 0.548. The molecule has 0 spiro atoms. The molecule has 2 aliphatic rings. The molecule has 0 aromatic heterocycles. The van der Waals surface area contributed by atoms with Gasteiger partial charge in [0, 0.05) is 12.5 Å². The SMILES string of the molecule is O=C(O)N1CC2COCC(O)(C2)C1. The van der Waals surface area contributed by atoms with Gasteiger partial charge in [-0.25, -0.2) is 4.79 Å². The molecule has 2 aliphatic heterocycles. The molecule has 2 fully saturated rings. The molecule has 0 radical (unpaired) electrons. The van der Waals surface area contributed by atoms with Crippen molar-refractivity contribution in [3.8, 4) is 0 Å². The number of β-amino-alcohol motifs (C(OH)–C–C–N with tert-alkyl or cyclic N) is 1. The fourth-order valence-electron chi connectivity index (χ4n) is 2.18. The summed E-state index contributed by atoms with van der Waals surface area (Å²) in [7, 11) is 0. The molecule has 5 nitrogen and oxygen atoms in total. The topological polar surface area (TPSA) is 70.0 Å². The summed E-state index contributed by atoms with van der Waals surface area (Å²) in [6.07, 6.45) is -0.290. The largest absolute Gasteiger partial charge is 0.465 e. The van der Waals surface area contributed by atoms with E-state index in [0.29, 0.717) is 19.6 Å². The van der Waals surface area contributed by atoms with E-state index in [4.69, 9.17) is 9.84 Å². The Morgan fingerprint density at radius 3 is 3.00 bits per heavy atom. The fourth-order valence-corrected chi connectivity index (χ4v) is 2.18. The van der Waals surface area contributed by atoms with Gasteiger partial charge in [0.25, 0.3) is 0 Å². The zero-order chi connectivity index (χ0) is 9.47. The van der Waals surface area contributed by atoms with E-state index in [2.05, 4.69) is 0 Å². The van der Waals surface area contributed by atoms with Crippen LogP contribution in [0.2, 0.25) is 0 Å². The molecular weight excluding hydrogens is 174 g/mol. The molecule has 74 valence electrons. The Balaban J connectivity index is 2.11. The minimum atomic E-state index is -0.954. The summed E-state index contributed by atoms with van der Waals surface area (Å²) in [6.45, 7) is 1.48. The predicted molar refractivity (Wildman–Crippen MR) is 43.5 cm³/mol. The molecule has 5 heteroatoms. The molecule has 0 aliphatic carbocycles. The van der Waals surface area contributed by atoms with Gasteiger partial charge in [-0.2, -0.15) is 0 Å². The van der Waals surface area contributed by atoms with Crippen LogP contribution in [-0.2, 0) is 4.74 Å².